The van der Waals surface area contributed by atoms with Crippen molar-refractivity contribution in [1.82, 2.24) is 9.55 Å². The first-order valence-electron chi connectivity index (χ1n) is 5.88. The molecule has 0 aromatic carbocycles. The van der Waals surface area contributed by atoms with Crippen LogP contribution in [0.2, 0.25) is 0 Å². The minimum absolute atomic E-state index is 0.0959. The maximum absolute atomic E-state index is 12.0. The van der Waals surface area contributed by atoms with Crippen molar-refractivity contribution >= 4 is 33.5 Å². The fourth-order valence-corrected chi connectivity index (χ4v) is 2.94. The van der Waals surface area contributed by atoms with Gasteiger partial charge in [-0.1, -0.05) is 6.42 Å². The van der Waals surface area contributed by atoms with Crippen molar-refractivity contribution in [3.63, 3.8) is 0 Å². The Morgan fingerprint density at radius 2 is 2.29 bits per heavy atom. The fraction of sp³-hybridized carbons (Fsp3) is 0.385. The molecule has 3 rings (SSSR count). The second-order valence-corrected chi connectivity index (χ2v) is 5.81. The summed E-state index contributed by atoms with van der Waals surface area (Å²) in [7, 11) is 0. The molecule has 1 aliphatic rings. The predicted octanol–water partition coefficient (Wildman–Crippen LogP) is 2.80. The number of halogens is 1. The second kappa shape index (κ2) is 4.40. The maximum atomic E-state index is 12.0. The average molecular weight is 340 g/mol. The molecule has 17 heavy (non-hydrogen) atoms. The molecule has 0 bridgehead atoms. The fourth-order valence-electron chi connectivity index (χ4n) is 2.31. The van der Waals surface area contributed by atoms with Gasteiger partial charge in [0.25, 0.3) is 0 Å². The van der Waals surface area contributed by atoms with Crippen molar-refractivity contribution in [3.05, 3.63) is 38.5 Å². The molecule has 0 atom stereocenters. The van der Waals surface area contributed by atoms with E-state index in [0.29, 0.717) is 0 Å². The molecule has 88 valence electrons. The summed E-state index contributed by atoms with van der Waals surface area (Å²) in [5.74, 6) is 0.782. The van der Waals surface area contributed by atoms with Gasteiger partial charge in [0.15, 0.2) is 0 Å². The standard InChI is InChI=1S/C13H13IN2O/c14-11-8-16(7-9-2-1-3-9)12-4-5-15-6-10(12)13(11)17/h4-6,8-9H,1-3,7H2. The van der Waals surface area contributed by atoms with E-state index < -0.39 is 0 Å². The Morgan fingerprint density at radius 1 is 1.47 bits per heavy atom. The monoisotopic (exact) mass is 340 g/mol. The van der Waals surface area contributed by atoms with E-state index >= 15 is 0 Å². The normalized spacial score (nSPS) is 16.1. The lowest BCUT2D eigenvalue weighted by molar-refractivity contribution is 0.279. The lowest BCUT2D eigenvalue weighted by Crippen LogP contribution is -2.21. The summed E-state index contributed by atoms with van der Waals surface area (Å²) in [6, 6.07) is 1.94. The van der Waals surface area contributed by atoms with E-state index in [9.17, 15) is 4.79 Å². The molecule has 2 heterocycles. The van der Waals surface area contributed by atoms with Gasteiger partial charge in [0.1, 0.15) is 0 Å². The molecule has 0 unspecified atom stereocenters. The summed E-state index contributed by atoms with van der Waals surface area (Å²) in [6.45, 7) is 1.02. The number of pyridine rings is 2. The average Bonchev–Trinajstić information content (AvgIpc) is 2.30. The molecule has 0 aliphatic heterocycles. The number of hydrogen-bond donors (Lipinski definition) is 0. The van der Waals surface area contributed by atoms with E-state index in [4.69, 9.17) is 0 Å². The van der Waals surface area contributed by atoms with Crippen molar-refractivity contribution in [2.75, 3.05) is 0 Å². The van der Waals surface area contributed by atoms with Crippen LogP contribution >= 0.6 is 22.6 Å². The lowest BCUT2D eigenvalue weighted by Gasteiger charge is -2.27. The van der Waals surface area contributed by atoms with Gasteiger partial charge in [-0.3, -0.25) is 9.78 Å². The second-order valence-electron chi connectivity index (χ2n) is 4.65. The van der Waals surface area contributed by atoms with E-state index in [0.717, 1.165) is 26.9 Å². The number of rotatable bonds is 2. The third-order valence-electron chi connectivity index (χ3n) is 3.52. The third kappa shape index (κ3) is 1.99. The first-order chi connectivity index (χ1) is 8.25. The number of fused-ring (bicyclic) bond motifs is 1. The van der Waals surface area contributed by atoms with Crippen LogP contribution in [-0.2, 0) is 6.54 Å². The molecular formula is C13H13IN2O. The van der Waals surface area contributed by atoms with E-state index in [2.05, 4.69) is 32.1 Å². The first-order valence-corrected chi connectivity index (χ1v) is 6.96. The molecule has 0 saturated heterocycles. The zero-order valence-electron chi connectivity index (χ0n) is 9.40. The zero-order chi connectivity index (χ0) is 11.8. The molecule has 1 aliphatic carbocycles. The molecule has 0 amide bonds. The molecule has 1 fully saturated rings. The highest BCUT2D eigenvalue weighted by atomic mass is 127. The van der Waals surface area contributed by atoms with Gasteiger partial charge in [-0.05, 0) is 47.4 Å². The first kappa shape index (κ1) is 11.2. The molecule has 3 nitrogen and oxygen atoms in total. The topological polar surface area (TPSA) is 34.9 Å². The Kier molecular flexibility index (Phi) is 2.90. The summed E-state index contributed by atoms with van der Waals surface area (Å²) in [5.41, 5.74) is 1.11. The van der Waals surface area contributed by atoms with Gasteiger partial charge < -0.3 is 4.57 Å². The highest BCUT2D eigenvalue weighted by molar-refractivity contribution is 14.1. The Bertz CT molecular complexity index is 616. The van der Waals surface area contributed by atoms with E-state index in [1.54, 1.807) is 12.4 Å². The van der Waals surface area contributed by atoms with E-state index in [1.165, 1.54) is 19.3 Å². The quantitative estimate of drug-likeness (QED) is 0.788. The molecule has 0 radical (unpaired) electrons. The van der Waals surface area contributed by atoms with Gasteiger partial charge >= 0.3 is 0 Å². The Morgan fingerprint density at radius 3 is 3.00 bits per heavy atom. The molecule has 4 heteroatoms. The Hall–Kier alpha value is -0.910. The number of aromatic nitrogens is 2. The Labute approximate surface area is 113 Å². The summed E-state index contributed by atoms with van der Waals surface area (Å²) in [4.78, 5) is 16.0. The summed E-state index contributed by atoms with van der Waals surface area (Å²) in [6.07, 6.45) is 9.39. The number of nitrogens with zero attached hydrogens (tertiary/aromatic N) is 2. The molecule has 0 N–H and O–H groups in total. The van der Waals surface area contributed by atoms with Gasteiger partial charge in [0.2, 0.25) is 5.43 Å². The zero-order valence-corrected chi connectivity index (χ0v) is 11.6. The van der Waals surface area contributed by atoms with Crippen LogP contribution in [0.25, 0.3) is 10.9 Å². The summed E-state index contributed by atoms with van der Waals surface area (Å²) < 4.78 is 2.99. The van der Waals surface area contributed by atoms with Gasteiger partial charge in [0, 0.05) is 25.1 Å². The van der Waals surface area contributed by atoms with Gasteiger partial charge in [-0.15, -0.1) is 0 Å². The largest absolute Gasteiger partial charge is 0.346 e. The number of hydrogen-bond acceptors (Lipinski definition) is 2. The van der Waals surface area contributed by atoms with Crippen molar-refractivity contribution in [3.8, 4) is 0 Å². The minimum atomic E-state index is 0.0959. The lowest BCUT2D eigenvalue weighted by atomic mass is 9.85. The van der Waals surface area contributed by atoms with Gasteiger partial charge in [-0.25, -0.2) is 0 Å². The maximum Gasteiger partial charge on any atom is 0.204 e. The van der Waals surface area contributed by atoms with E-state index in [-0.39, 0.29) is 5.43 Å². The Balaban J connectivity index is 2.16. The van der Waals surface area contributed by atoms with Crippen LogP contribution in [-0.4, -0.2) is 9.55 Å². The van der Waals surface area contributed by atoms with Crippen LogP contribution in [0.1, 0.15) is 19.3 Å². The van der Waals surface area contributed by atoms with Crippen LogP contribution in [0.15, 0.2) is 29.5 Å². The van der Waals surface area contributed by atoms with Crippen molar-refractivity contribution in [1.29, 1.82) is 0 Å². The molecule has 1 saturated carbocycles. The van der Waals surface area contributed by atoms with Crippen molar-refractivity contribution < 1.29 is 0 Å². The summed E-state index contributed by atoms with van der Waals surface area (Å²) >= 11 is 2.11. The predicted molar refractivity (Wildman–Crippen MR) is 76.1 cm³/mol. The van der Waals surface area contributed by atoms with Gasteiger partial charge in [-0.2, -0.15) is 0 Å². The van der Waals surface area contributed by atoms with Crippen molar-refractivity contribution in [2.24, 2.45) is 5.92 Å². The van der Waals surface area contributed by atoms with Crippen LogP contribution in [0.4, 0.5) is 0 Å². The van der Waals surface area contributed by atoms with Crippen LogP contribution in [0, 0.1) is 9.49 Å². The van der Waals surface area contributed by atoms with Gasteiger partial charge in [0.05, 0.1) is 14.5 Å². The molecule has 0 spiro atoms. The molecule has 2 aromatic rings. The SMILES string of the molecule is O=c1c(I)cn(CC2CCC2)c2ccncc12. The van der Waals surface area contributed by atoms with Crippen LogP contribution < -0.4 is 5.43 Å². The van der Waals surface area contributed by atoms with Crippen LogP contribution in [0.3, 0.4) is 0 Å². The minimum Gasteiger partial charge on any atom is -0.346 e. The van der Waals surface area contributed by atoms with E-state index in [1.807, 2.05) is 12.3 Å². The highest BCUT2D eigenvalue weighted by Crippen LogP contribution is 2.28. The molecular weight excluding hydrogens is 327 g/mol. The smallest absolute Gasteiger partial charge is 0.204 e. The molecule has 2 aromatic heterocycles. The highest BCUT2D eigenvalue weighted by Gasteiger charge is 2.18. The third-order valence-corrected chi connectivity index (χ3v) is 4.29. The van der Waals surface area contributed by atoms with Crippen LogP contribution in [0.5, 0.6) is 0 Å². The summed E-state index contributed by atoms with van der Waals surface area (Å²) in [5, 5.41) is 0.735. The van der Waals surface area contributed by atoms with Crippen molar-refractivity contribution in [2.45, 2.75) is 25.8 Å².